The molecule has 0 aliphatic carbocycles. The van der Waals surface area contributed by atoms with Crippen molar-refractivity contribution in [2.24, 2.45) is 7.05 Å². The van der Waals surface area contributed by atoms with E-state index in [0.717, 1.165) is 31.0 Å². The third-order valence-electron chi connectivity index (χ3n) is 4.94. The number of nitrogens with zero attached hydrogens (tertiary/aromatic N) is 3. The number of ether oxygens (including phenoxy) is 2. The predicted molar refractivity (Wildman–Crippen MR) is 104 cm³/mol. The Morgan fingerprint density at radius 1 is 1.27 bits per heavy atom. The zero-order chi connectivity index (χ0) is 21.5. The monoisotopic (exact) mass is 441 g/mol. The molecule has 1 aliphatic heterocycles. The Balaban J connectivity index is 1.71. The molecule has 1 aliphatic rings. The summed E-state index contributed by atoms with van der Waals surface area (Å²) in [6, 6.07) is 5.16. The van der Waals surface area contributed by atoms with E-state index >= 15 is 0 Å². The second-order valence-corrected chi connectivity index (χ2v) is 7.76. The molecule has 11 heteroatoms. The maximum atomic E-state index is 13.1. The van der Waals surface area contributed by atoms with Crippen LogP contribution in [0.4, 0.5) is 13.2 Å². The summed E-state index contributed by atoms with van der Waals surface area (Å²) in [5.74, 6) is 0. The molecule has 160 valence electrons. The van der Waals surface area contributed by atoms with E-state index in [0.29, 0.717) is 32.9 Å². The van der Waals surface area contributed by atoms with Crippen LogP contribution in [0.1, 0.15) is 30.7 Å². The Morgan fingerprint density at radius 3 is 2.77 bits per heavy atom. The van der Waals surface area contributed by atoms with Gasteiger partial charge in [0.1, 0.15) is 5.69 Å². The van der Waals surface area contributed by atoms with Crippen molar-refractivity contribution in [3.63, 3.8) is 0 Å². The fraction of sp³-hybridized carbons (Fsp3) is 0.421. The molecule has 3 heterocycles. The number of alkyl halides is 3. The number of aromatic nitrogens is 3. The molecule has 3 aromatic rings. The second-order valence-electron chi connectivity index (χ2n) is 6.96. The van der Waals surface area contributed by atoms with Crippen molar-refractivity contribution in [3.8, 4) is 5.69 Å². The molecule has 1 unspecified atom stereocenters. The number of halogens is 3. The number of benzene rings is 1. The van der Waals surface area contributed by atoms with Crippen molar-refractivity contribution in [2.75, 3.05) is 6.61 Å². The van der Waals surface area contributed by atoms with Crippen molar-refractivity contribution >= 4 is 21.6 Å². The molecule has 0 N–H and O–H groups in total. The van der Waals surface area contributed by atoms with Gasteiger partial charge in [-0.15, -0.1) is 0 Å². The quantitative estimate of drug-likeness (QED) is 0.622. The molecule has 1 aromatic carbocycles. The summed E-state index contributed by atoms with van der Waals surface area (Å²) in [5, 5.41) is 0.669. The summed E-state index contributed by atoms with van der Waals surface area (Å²) in [5.41, 5.74) is -2.65. The first kappa shape index (κ1) is 20.8. The summed E-state index contributed by atoms with van der Waals surface area (Å²) in [7, 11) is 0.981. The van der Waals surface area contributed by atoms with E-state index < -0.39 is 23.1 Å². The molecule has 4 rings (SSSR count). The molecule has 2 aromatic heterocycles. The fourth-order valence-corrected chi connectivity index (χ4v) is 4.13. The largest absolute Gasteiger partial charge is 0.431 e. The molecule has 1 fully saturated rings. The van der Waals surface area contributed by atoms with Gasteiger partial charge in [-0.2, -0.15) is 17.5 Å². The molecule has 1 atom stereocenters. The van der Waals surface area contributed by atoms with Gasteiger partial charge in [0.25, 0.3) is 5.56 Å². The van der Waals surface area contributed by atoms with E-state index in [4.69, 9.17) is 9.47 Å². The van der Waals surface area contributed by atoms with Gasteiger partial charge in [0.05, 0.1) is 22.7 Å². The Morgan fingerprint density at radius 2 is 2.07 bits per heavy atom. The van der Waals surface area contributed by atoms with Crippen molar-refractivity contribution in [3.05, 3.63) is 56.5 Å². The van der Waals surface area contributed by atoms with Crippen LogP contribution in [-0.2, 0) is 29.3 Å². The maximum absolute atomic E-state index is 13.1. The van der Waals surface area contributed by atoms with Gasteiger partial charge in [-0.25, -0.2) is 9.36 Å². The Hall–Kier alpha value is -2.50. The van der Waals surface area contributed by atoms with E-state index in [-0.39, 0.29) is 18.6 Å². The summed E-state index contributed by atoms with van der Waals surface area (Å²) in [4.78, 5) is 24.9. The van der Waals surface area contributed by atoms with Crippen molar-refractivity contribution in [1.82, 2.24) is 13.5 Å². The van der Waals surface area contributed by atoms with Gasteiger partial charge >= 0.3 is 11.9 Å². The summed E-state index contributed by atoms with van der Waals surface area (Å²) >= 11 is 1.23. The maximum Gasteiger partial charge on any atom is 0.431 e. The van der Waals surface area contributed by atoms with Crippen LogP contribution < -0.4 is 11.2 Å². The first-order valence-electron chi connectivity index (χ1n) is 9.28. The summed E-state index contributed by atoms with van der Waals surface area (Å²) < 4.78 is 56.8. The third-order valence-corrected chi connectivity index (χ3v) is 5.81. The summed E-state index contributed by atoms with van der Waals surface area (Å²) in [6.45, 7) is 0.834. The number of rotatable bonds is 4. The molecule has 0 saturated carbocycles. The highest BCUT2D eigenvalue weighted by Crippen LogP contribution is 2.28. The molecular formula is C19H18F3N3O4S. The van der Waals surface area contributed by atoms with Crippen molar-refractivity contribution in [1.29, 1.82) is 0 Å². The highest BCUT2D eigenvalue weighted by Gasteiger charge is 2.35. The van der Waals surface area contributed by atoms with Gasteiger partial charge in [0.15, 0.2) is 6.29 Å². The minimum absolute atomic E-state index is 0.164. The third kappa shape index (κ3) is 3.92. The van der Waals surface area contributed by atoms with Gasteiger partial charge in [0, 0.05) is 25.1 Å². The molecule has 0 spiro atoms. The number of hydrogen-bond acceptors (Lipinski definition) is 6. The van der Waals surface area contributed by atoms with Crippen LogP contribution in [-0.4, -0.2) is 26.4 Å². The van der Waals surface area contributed by atoms with E-state index in [2.05, 4.69) is 4.37 Å². The standard InChI is InChI=1S/C19H18F3N3O4S/c1-24-15(19(20,21)22)9-16(26)25(18(24)27)11-5-6-14-12(8-11)13(23-30-14)10-29-17-4-2-3-7-28-17/h5-6,8-9,17H,2-4,7,10H2,1H3. The zero-order valence-corrected chi connectivity index (χ0v) is 16.8. The van der Waals surface area contributed by atoms with Gasteiger partial charge in [-0.1, -0.05) is 0 Å². The van der Waals surface area contributed by atoms with Crippen LogP contribution in [0.25, 0.3) is 15.8 Å². The lowest BCUT2D eigenvalue weighted by Crippen LogP contribution is -2.40. The first-order chi connectivity index (χ1) is 14.3. The Kier molecular flexibility index (Phi) is 5.51. The minimum Gasteiger partial charge on any atom is -0.353 e. The van der Waals surface area contributed by atoms with E-state index in [1.54, 1.807) is 12.1 Å². The van der Waals surface area contributed by atoms with Crippen LogP contribution >= 0.6 is 11.5 Å². The molecular weight excluding hydrogens is 423 g/mol. The molecule has 0 amide bonds. The van der Waals surface area contributed by atoms with Crippen molar-refractivity contribution in [2.45, 2.75) is 38.3 Å². The predicted octanol–water partition coefficient (Wildman–Crippen LogP) is 3.21. The number of hydrogen-bond donors (Lipinski definition) is 0. The van der Waals surface area contributed by atoms with Crippen LogP contribution in [0.3, 0.4) is 0 Å². The number of fused-ring (bicyclic) bond motifs is 1. The van der Waals surface area contributed by atoms with Gasteiger partial charge in [-0.3, -0.25) is 9.36 Å². The molecule has 1 saturated heterocycles. The lowest BCUT2D eigenvalue weighted by Gasteiger charge is -2.22. The lowest BCUT2D eigenvalue weighted by molar-refractivity contribution is -0.169. The van der Waals surface area contributed by atoms with E-state index in [1.165, 1.54) is 17.6 Å². The molecule has 0 bridgehead atoms. The minimum atomic E-state index is -4.81. The van der Waals surface area contributed by atoms with E-state index in [1.807, 2.05) is 0 Å². The van der Waals surface area contributed by atoms with Gasteiger partial charge in [0.2, 0.25) is 0 Å². The van der Waals surface area contributed by atoms with Gasteiger partial charge < -0.3 is 9.47 Å². The van der Waals surface area contributed by atoms with Crippen LogP contribution in [0.2, 0.25) is 0 Å². The average Bonchev–Trinajstić information content (AvgIpc) is 3.11. The molecule has 7 nitrogen and oxygen atoms in total. The van der Waals surface area contributed by atoms with E-state index in [9.17, 15) is 22.8 Å². The SMILES string of the molecule is Cn1c(C(F)(F)F)cc(=O)n(-c2ccc3snc(COC4CCCCO4)c3c2)c1=O. The fourth-order valence-electron chi connectivity index (χ4n) is 3.37. The van der Waals surface area contributed by atoms with Crippen LogP contribution in [0, 0.1) is 0 Å². The van der Waals surface area contributed by atoms with Crippen LogP contribution in [0.5, 0.6) is 0 Å². The molecule has 0 radical (unpaired) electrons. The van der Waals surface area contributed by atoms with Gasteiger partial charge in [-0.05, 0) is 49.0 Å². The Bertz CT molecular complexity index is 1190. The summed E-state index contributed by atoms with van der Waals surface area (Å²) in [6.07, 6.45) is -2.29. The van der Waals surface area contributed by atoms with Crippen molar-refractivity contribution < 1.29 is 22.6 Å². The topological polar surface area (TPSA) is 75.3 Å². The normalized spacial score (nSPS) is 17.5. The lowest BCUT2D eigenvalue weighted by atomic mass is 10.2. The Labute approximate surface area is 172 Å². The molecule has 30 heavy (non-hydrogen) atoms. The zero-order valence-electron chi connectivity index (χ0n) is 15.9. The highest BCUT2D eigenvalue weighted by atomic mass is 32.1. The average molecular weight is 441 g/mol. The first-order valence-corrected chi connectivity index (χ1v) is 10.1. The second kappa shape index (κ2) is 7.97. The smallest absolute Gasteiger partial charge is 0.353 e. The van der Waals surface area contributed by atoms with Crippen LogP contribution in [0.15, 0.2) is 33.9 Å². The highest BCUT2D eigenvalue weighted by molar-refractivity contribution is 7.13.